The van der Waals surface area contributed by atoms with Crippen molar-refractivity contribution in [2.24, 2.45) is 0 Å². The highest BCUT2D eigenvalue weighted by atomic mass is 16.7. The summed E-state index contributed by atoms with van der Waals surface area (Å²) in [4.78, 5) is 13.1. The van der Waals surface area contributed by atoms with E-state index in [4.69, 9.17) is 9.47 Å². The second kappa shape index (κ2) is 55.5. The van der Waals surface area contributed by atoms with E-state index in [1.165, 1.54) is 289 Å². The third-order valence-corrected chi connectivity index (χ3v) is 16.5. The Morgan fingerprint density at radius 3 is 0.959 bits per heavy atom. The molecule has 9 heteroatoms. The molecule has 0 radical (unpaired) electrons. The molecule has 1 amide bonds. The smallest absolute Gasteiger partial charge is 0.220 e. The van der Waals surface area contributed by atoms with Gasteiger partial charge in [0, 0.05) is 6.42 Å². The molecule has 1 aliphatic rings. The molecule has 442 valence electrons. The first-order chi connectivity index (χ1) is 36.3. The fourth-order valence-electron chi connectivity index (χ4n) is 11.2. The van der Waals surface area contributed by atoms with Gasteiger partial charge in [0.15, 0.2) is 6.29 Å². The van der Waals surface area contributed by atoms with E-state index in [0.29, 0.717) is 12.8 Å². The van der Waals surface area contributed by atoms with Gasteiger partial charge >= 0.3 is 0 Å². The average molecular weight is 1050 g/mol. The summed E-state index contributed by atoms with van der Waals surface area (Å²) in [5.74, 6) is -0.136. The highest BCUT2D eigenvalue weighted by molar-refractivity contribution is 5.76. The van der Waals surface area contributed by atoms with Gasteiger partial charge in [-0.25, -0.2) is 0 Å². The Morgan fingerprint density at radius 1 is 0.405 bits per heavy atom. The minimum Gasteiger partial charge on any atom is -0.394 e. The number of amides is 1. The van der Waals surface area contributed by atoms with Gasteiger partial charge in [-0.3, -0.25) is 4.79 Å². The molecule has 9 nitrogen and oxygen atoms in total. The second-order valence-electron chi connectivity index (χ2n) is 23.6. The van der Waals surface area contributed by atoms with Crippen molar-refractivity contribution in [2.75, 3.05) is 13.2 Å². The van der Waals surface area contributed by atoms with Crippen LogP contribution in [0.2, 0.25) is 0 Å². The SMILES string of the molecule is CCCCCCCCCCCCCCCCCCCCCCCCCCCCCCCCCCCCCCCCC(=O)NC(COC1OC(CO)C(O)C(O)C1O)C(O)CCCCCCCCCCCCCCC. The molecule has 0 aromatic heterocycles. The molecule has 0 bridgehead atoms. The molecule has 1 fully saturated rings. The Labute approximate surface area is 459 Å². The molecule has 1 saturated heterocycles. The van der Waals surface area contributed by atoms with Crippen LogP contribution >= 0.6 is 0 Å². The number of carbonyl (C=O) groups is 1. The van der Waals surface area contributed by atoms with Crippen LogP contribution in [0, 0.1) is 0 Å². The summed E-state index contributed by atoms with van der Waals surface area (Å²) in [7, 11) is 0. The van der Waals surface area contributed by atoms with Crippen LogP contribution in [-0.2, 0) is 14.3 Å². The highest BCUT2D eigenvalue weighted by Gasteiger charge is 2.44. The maximum absolute atomic E-state index is 13.1. The molecule has 7 unspecified atom stereocenters. The van der Waals surface area contributed by atoms with E-state index in [9.17, 15) is 30.3 Å². The van der Waals surface area contributed by atoms with Crippen LogP contribution in [0.5, 0.6) is 0 Å². The van der Waals surface area contributed by atoms with Gasteiger partial charge in [0.25, 0.3) is 0 Å². The van der Waals surface area contributed by atoms with Crippen LogP contribution in [0.4, 0.5) is 0 Å². The summed E-state index contributed by atoms with van der Waals surface area (Å²) < 4.78 is 11.3. The van der Waals surface area contributed by atoms with Crippen LogP contribution in [0.3, 0.4) is 0 Å². The van der Waals surface area contributed by atoms with E-state index < -0.39 is 49.5 Å². The van der Waals surface area contributed by atoms with Gasteiger partial charge in [0.2, 0.25) is 5.91 Å². The maximum atomic E-state index is 13.1. The van der Waals surface area contributed by atoms with Gasteiger partial charge in [0.05, 0.1) is 25.4 Å². The third kappa shape index (κ3) is 44.1. The normalized spacial score (nSPS) is 18.8. The van der Waals surface area contributed by atoms with Crippen molar-refractivity contribution in [3.8, 4) is 0 Å². The fraction of sp³-hybridized carbons (Fsp3) is 0.985. The predicted octanol–water partition coefficient (Wildman–Crippen LogP) is 17.4. The van der Waals surface area contributed by atoms with Crippen molar-refractivity contribution >= 4 is 5.91 Å². The Kier molecular flexibility index (Phi) is 53.4. The van der Waals surface area contributed by atoms with Crippen molar-refractivity contribution in [2.45, 2.75) is 397 Å². The van der Waals surface area contributed by atoms with Crippen LogP contribution in [0.25, 0.3) is 0 Å². The number of hydrogen-bond donors (Lipinski definition) is 6. The van der Waals surface area contributed by atoms with Crippen molar-refractivity contribution in [3.63, 3.8) is 0 Å². The molecule has 0 spiro atoms. The molecular formula is C65H129NO8. The number of aliphatic hydroxyl groups is 5. The molecule has 1 aliphatic heterocycles. The van der Waals surface area contributed by atoms with Gasteiger partial charge in [-0.05, 0) is 12.8 Å². The predicted molar refractivity (Wildman–Crippen MR) is 314 cm³/mol. The summed E-state index contributed by atoms with van der Waals surface area (Å²) >= 11 is 0. The lowest BCUT2D eigenvalue weighted by Crippen LogP contribution is -2.60. The summed E-state index contributed by atoms with van der Waals surface area (Å²) in [6.45, 7) is 3.88. The van der Waals surface area contributed by atoms with Gasteiger partial charge < -0.3 is 40.3 Å². The van der Waals surface area contributed by atoms with Gasteiger partial charge in [-0.2, -0.15) is 0 Å². The van der Waals surface area contributed by atoms with Crippen molar-refractivity contribution in [3.05, 3.63) is 0 Å². The molecule has 7 atom stereocenters. The topological polar surface area (TPSA) is 149 Å². The number of rotatable bonds is 59. The molecule has 74 heavy (non-hydrogen) atoms. The van der Waals surface area contributed by atoms with Gasteiger partial charge in [0.1, 0.15) is 24.4 Å². The van der Waals surface area contributed by atoms with E-state index in [1.54, 1.807) is 0 Å². The molecule has 0 saturated carbocycles. The molecular weight excluding hydrogens is 923 g/mol. The van der Waals surface area contributed by atoms with Crippen LogP contribution in [0.15, 0.2) is 0 Å². The number of nitrogens with one attached hydrogen (secondary N) is 1. The molecule has 0 aromatic carbocycles. The third-order valence-electron chi connectivity index (χ3n) is 16.5. The Hall–Kier alpha value is -0.810. The number of carbonyl (C=O) groups excluding carboxylic acids is 1. The fourth-order valence-corrected chi connectivity index (χ4v) is 11.2. The second-order valence-corrected chi connectivity index (χ2v) is 23.6. The van der Waals surface area contributed by atoms with E-state index in [-0.39, 0.29) is 12.5 Å². The lowest BCUT2D eigenvalue weighted by molar-refractivity contribution is -0.302. The minimum absolute atomic E-state index is 0.131. The first-order valence-corrected chi connectivity index (χ1v) is 33.2. The minimum atomic E-state index is -1.55. The van der Waals surface area contributed by atoms with Crippen LogP contribution in [-0.4, -0.2) is 87.5 Å². The first kappa shape index (κ1) is 71.2. The lowest BCUT2D eigenvalue weighted by Gasteiger charge is -2.40. The molecule has 1 heterocycles. The van der Waals surface area contributed by atoms with E-state index >= 15 is 0 Å². The Morgan fingerprint density at radius 2 is 0.676 bits per heavy atom. The zero-order chi connectivity index (χ0) is 53.6. The van der Waals surface area contributed by atoms with Gasteiger partial charge in [-0.1, -0.05) is 335 Å². The monoisotopic (exact) mass is 1050 g/mol. The number of hydrogen-bond acceptors (Lipinski definition) is 8. The molecule has 1 rings (SSSR count). The molecule has 0 aliphatic carbocycles. The lowest BCUT2D eigenvalue weighted by atomic mass is 9.99. The standard InChI is InChI=1S/C65H129NO8/c1-3-5-7-9-11-13-15-17-18-19-20-21-22-23-24-25-26-27-28-29-30-31-32-33-34-35-36-37-38-39-40-41-43-45-47-49-51-53-55-61(69)66-58(57-73-65-64(72)63(71)62(70)60(56-67)74-65)59(68)54-52-50-48-46-44-42-16-14-12-10-8-6-4-2/h58-60,62-65,67-68,70-72H,3-57H2,1-2H3,(H,66,69). The maximum Gasteiger partial charge on any atom is 0.220 e. The zero-order valence-electron chi connectivity index (χ0n) is 49.4. The van der Waals surface area contributed by atoms with Crippen molar-refractivity contribution in [1.29, 1.82) is 0 Å². The largest absolute Gasteiger partial charge is 0.394 e. The number of aliphatic hydroxyl groups excluding tert-OH is 5. The zero-order valence-corrected chi connectivity index (χ0v) is 49.4. The van der Waals surface area contributed by atoms with Crippen molar-refractivity contribution in [1.82, 2.24) is 5.32 Å². The summed E-state index contributed by atoms with van der Waals surface area (Å²) in [5, 5.41) is 54.7. The van der Waals surface area contributed by atoms with Crippen molar-refractivity contribution < 1.29 is 39.8 Å². The van der Waals surface area contributed by atoms with E-state index in [2.05, 4.69) is 19.2 Å². The number of ether oxygens (including phenoxy) is 2. The Bertz CT molecular complexity index is 1130. The first-order valence-electron chi connectivity index (χ1n) is 33.2. The summed E-state index contributed by atoms with van der Waals surface area (Å²) in [5.41, 5.74) is 0. The Balaban J connectivity index is 2.00. The summed E-state index contributed by atoms with van der Waals surface area (Å²) in [6.07, 6.45) is 61.9. The molecule has 0 aromatic rings. The van der Waals surface area contributed by atoms with Crippen LogP contribution in [0.1, 0.15) is 354 Å². The summed E-state index contributed by atoms with van der Waals surface area (Å²) in [6, 6.07) is -0.713. The van der Waals surface area contributed by atoms with Crippen LogP contribution < -0.4 is 5.32 Å². The quantitative estimate of drug-likeness (QED) is 0.0330. The molecule has 6 N–H and O–H groups in total. The number of unbranched alkanes of at least 4 members (excludes halogenated alkanes) is 49. The highest BCUT2D eigenvalue weighted by Crippen LogP contribution is 2.24. The van der Waals surface area contributed by atoms with Gasteiger partial charge in [-0.15, -0.1) is 0 Å². The van der Waals surface area contributed by atoms with E-state index in [0.717, 1.165) is 38.5 Å². The van der Waals surface area contributed by atoms with E-state index in [1.807, 2.05) is 0 Å². The average Bonchev–Trinajstić information content (AvgIpc) is 3.40.